The maximum atomic E-state index is 11.5. The van der Waals surface area contributed by atoms with Gasteiger partial charge >= 0.3 is 11.9 Å². The third-order valence-electron chi connectivity index (χ3n) is 2.89. The number of aliphatic carboxylic acids is 2. The predicted octanol–water partition coefficient (Wildman–Crippen LogP) is -1.07. The van der Waals surface area contributed by atoms with Gasteiger partial charge in [0.1, 0.15) is 0 Å². The molecule has 0 saturated carbocycles. The molecule has 8 nitrogen and oxygen atoms in total. The molecule has 108 valence electrons. The van der Waals surface area contributed by atoms with Crippen LogP contribution < -0.4 is 11.1 Å². The molecular weight excluding hydrogens is 256 g/mol. The zero-order chi connectivity index (χ0) is 14.4. The number of rotatable bonds is 7. The molecule has 1 heterocycles. The number of hydrogen-bond acceptors (Lipinski definition) is 5. The van der Waals surface area contributed by atoms with Crippen molar-refractivity contribution in [2.45, 2.75) is 43.9 Å². The highest BCUT2D eigenvalue weighted by Gasteiger charge is 2.30. The second-order valence-electron chi connectivity index (χ2n) is 4.45. The summed E-state index contributed by atoms with van der Waals surface area (Å²) in [5.74, 6) is -2.47. The summed E-state index contributed by atoms with van der Waals surface area (Å²) < 4.78 is 5.20. The molecule has 1 saturated heterocycles. The van der Waals surface area contributed by atoms with Crippen molar-refractivity contribution in [3.8, 4) is 0 Å². The lowest BCUT2D eigenvalue weighted by atomic mass is 10.1. The summed E-state index contributed by atoms with van der Waals surface area (Å²) in [7, 11) is 0. The summed E-state index contributed by atoms with van der Waals surface area (Å²) in [6.45, 7) is 0.184. The van der Waals surface area contributed by atoms with Crippen LogP contribution in [-0.2, 0) is 19.1 Å². The molecule has 0 spiro atoms. The van der Waals surface area contributed by atoms with Gasteiger partial charge in [0.15, 0.2) is 6.10 Å². The molecule has 8 heteroatoms. The molecule has 0 bridgehead atoms. The van der Waals surface area contributed by atoms with Crippen molar-refractivity contribution in [2.75, 3.05) is 6.54 Å². The molecule has 0 aromatic rings. The van der Waals surface area contributed by atoms with Crippen LogP contribution in [0.25, 0.3) is 0 Å². The third-order valence-corrected chi connectivity index (χ3v) is 2.89. The standard InChI is InChI=1S/C11H18N2O6/c12-7(2-4-9(14)15)10(16)13-5-6-1-3-8(19-6)11(17)18/h6-8H,1-5,12H2,(H,13,16)(H,14,15)(H,17,18). The maximum absolute atomic E-state index is 11.5. The fourth-order valence-electron chi connectivity index (χ4n) is 1.79. The van der Waals surface area contributed by atoms with Crippen LogP contribution in [-0.4, -0.2) is 52.9 Å². The number of carbonyl (C=O) groups excluding carboxylic acids is 1. The van der Waals surface area contributed by atoms with Gasteiger partial charge in [0.25, 0.3) is 0 Å². The number of carbonyl (C=O) groups is 3. The van der Waals surface area contributed by atoms with Gasteiger partial charge in [0, 0.05) is 13.0 Å². The molecule has 19 heavy (non-hydrogen) atoms. The van der Waals surface area contributed by atoms with Crippen molar-refractivity contribution < 1.29 is 29.3 Å². The van der Waals surface area contributed by atoms with E-state index in [9.17, 15) is 14.4 Å². The molecule has 3 atom stereocenters. The summed E-state index contributed by atoms with van der Waals surface area (Å²) in [5.41, 5.74) is 5.52. The Bertz CT molecular complexity index is 359. The molecule has 0 radical (unpaired) electrons. The van der Waals surface area contributed by atoms with Crippen LogP contribution in [0.1, 0.15) is 25.7 Å². The minimum Gasteiger partial charge on any atom is -0.481 e. The Hall–Kier alpha value is -1.67. The Morgan fingerprint density at radius 2 is 2.00 bits per heavy atom. The van der Waals surface area contributed by atoms with Crippen molar-refractivity contribution in [3.05, 3.63) is 0 Å². The Kier molecular flexibility index (Phi) is 5.71. The first kappa shape index (κ1) is 15.4. The molecule has 0 aromatic carbocycles. The van der Waals surface area contributed by atoms with E-state index in [2.05, 4.69) is 5.32 Å². The van der Waals surface area contributed by atoms with Crippen LogP contribution >= 0.6 is 0 Å². The monoisotopic (exact) mass is 274 g/mol. The zero-order valence-corrected chi connectivity index (χ0v) is 10.4. The second kappa shape index (κ2) is 7.05. The molecule has 3 unspecified atom stereocenters. The summed E-state index contributed by atoms with van der Waals surface area (Å²) in [4.78, 5) is 32.5. The van der Waals surface area contributed by atoms with Gasteiger partial charge in [-0.05, 0) is 19.3 Å². The van der Waals surface area contributed by atoms with Crippen LogP contribution in [0, 0.1) is 0 Å². The minimum atomic E-state index is -1.01. The van der Waals surface area contributed by atoms with Crippen LogP contribution in [0.3, 0.4) is 0 Å². The van der Waals surface area contributed by atoms with Crippen molar-refractivity contribution in [1.82, 2.24) is 5.32 Å². The van der Waals surface area contributed by atoms with Crippen molar-refractivity contribution >= 4 is 17.8 Å². The van der Waals surface area contributed by atoms with Crippen LogP contribution in [0.4, 0.5) is 0 Å². The average Bonchev–Trinajstić information content (AvgIpc) is 2.81. The van der Waals surface area contributed by atoms with Gasteiger partial charge in [-0.15, -0.1) is 0 Å². The van der Waals surface area contributed by atoms with Gasteiger partial charge < -0.3 is 26.0 Å². The number of nitrogens with two attached hydrogens (primary N) is 1. The molecule has 1 rings (SSSR count). The molecule has 0 aliphatic carbocycles. The lowest BCUT2D eigenvalue weighted by molar-refractivity contribution is -0.149. The van der Waals surface area contributed by atoms with Gasteiger partial charge in [0.2, 0.25) is 5.91 Å². The summed E-state index contributed by atoms with van der Waals surface area (Å²) >= 11 is 0. The van der Waals surface area contributed by atoms with E-state index in [1.54, 1.807) is 0 Å². The topological polar surface area (TPSA) is 139 Å². The number of hydrogen-bond donors (Lipinski definition) is 4. The van der Waals surface area contributed by atoms with Gasteiger partial charge in [-0.3, -0.25) is 9.59 Å². The predicted molar refractivity (Wildman–Crippen MR) is 63.4 cm³/mol. The summed E-state index contributed by atoms with van der Waals surface area (Å²) in [6.07, 6.45) is -0.290. The van der Waals surface area contributed by atoms with E-state index >= 15 is 0 Å². The highest BCUT2D eigenvalue weighted by atomic mass is 16.5. The Morgan fingerprint density at radius 3 is 2.53 bits per heavy atom. The Balaban J connectivity index is 2.23. The van der Waals surface area contributed by atoms with E-state index in [0.29, 0.717) is 12.8 Å². The SMILES string of the molecule is NC(CCC(=O)O)C(=O)NCC1CCC(C(=O)O)O1. The fraction of sp³-hybridized carbons (Fsp3) is 0.727. The number of amides is 1. The average molecular weight is 274 g/mol. The van der Waals surface area contributed by atoms with E-state index in [1.807, 2.05) is 0 Å². The first-order valence-corrected chi connectivity index (χ1v) is 6.03. The van der Waals surface area contributed by atoms with Gasteiger partial charge in [-0.1, -0.05) is 0 Å². The van der Waals surface area contributed by atoms with Gasteiger partial charge in [-0.2, -0.15) is 0 Å². The lowest BCUT2D eigenvalue weighted by Gasteiger charge is -2.15. The number of carboxylic acid groups (broad SMARTS) is 2. The van der Waals surface area contributed by atoms with Crippen LogP contribution in [0.2, 0.25) is 0 Å². The zero-order valence-electron chi connectivity index (χ0n) is 10.4. The van der Waals surface area contributed by atoms with Gasteiger partial charge in [0.05, 0.1) is 12.1 Å². The smallest absolute Gasteiger partial charge is 0.332 e. The first-order chi connectivity index (χ1) is 8.90. The van der Waals surface area contributed by atoms with E-state index < -0.39 is 30.0 Å². The van der Waals surface area contributed by atoms with Crippen molar-refractivity contribution in [1.29, 1.82) is 0 Å². The number of carboxylic acids is 2. The van der Waals surface area contributed by atoms with E-state index in [4.69, 9.17) is 20.7 Å². The number of ether oxygens (including phenoxy) is 1. The molecule has 0 aromatic heterocycles. The maximum Gasteiger partial charge on any atom is 0.332 e. The van der Waals surface area contributed by atoms with Crippen molar-refractivity contribution in [2.24, 2.45) is 5.73 Å². The minimum absolute atomic E-state index is 0.0600. The van der Waals surface area contributed by atoms with Crippen LogP contribution in [0.15, 0.2) is 0 Å². The Labute approximate surface area is 109 Å². The highest BCUT2D eigenvalue weighted by Crippen LogP contribution is 2.19. The second-order valence-corrected chi connectivity index (χ2v) is 4.45. The molecule has 1 fully saturated rings. The molecule has 1 aliphatic heterocycles. The van der Waals surface area contributed by atoms with E-state index in [0.717, 1.165) is 0 Å². The van der Waals surface area contributed by atoms with Crippen LogP contribution in [0.5, 0.6) is 0 Å². The summed E-state index contributed by atoms with van der Waals surface area (Å²) in [6, 6.07) is -0.882. The third kappa shape index (κ3) is 5.23. The molecule has 1 amide bonds. The van der Waals surface area contributed by atoms with Crippen molar-refractivity contribution in [3.63, 3.8) is 0 Å². The normalized spacial score (nSPS) is 23.8. The number of nitrogens with one attached hydrogen (secondary N) is 1. The first-order valence-electron chi connectivity index (χ1n) is 6.03. The fourth-order valence-corrected chi connectivity index (χ4v) is 1.79. The summed E-state index contributed by atoms with van der Waals surface area (Å²) in [5, 5.41) is 19.7. The largest absolute Gasteiger partial charge is 0.481 e. The quantitative estimate of drug-likeness (QED) is 0.463. The Morgan fingerprint density at radius 1 is 1.32 bits per heavy atom. The highest BCUT2D eigenvalue weighted by molar-refractivity contribution is 5.82. The van der Waals surface area contributed by atoms with Gasteiger partial charge in [-0.25, -0.2) is 4.79 Å². The lowest BCUT2D eigenvalue weighted by Crippen LogP contribution is -2.43. The molecule has 1 aliphatic rings. The van der Waals surface area contributed by atoms with E-state index in [-0.39, 0.29) is 25.5 Å². The van der Waals surface area contributed by atoms with E-state index in [1.165, 1.54) is 0 Å². The molecule has 5 N–H and O–H groups in total. The molecular formula is C11H18N2O6.